The quantitative estimate of drug-likeness (QED) is 0.770. The molecule has 0 saturated heterocycles. The van der Waals surface area contributed by atoms with Crippen LogP contribution in [-0.4, -0.2) is 30.5 Å². The molecule has 1 aromatic heterocycles. The van der Waals surface area contributed by atoms with E-state index in [0.717, 1.165) is 11.8 Å². The smallest absolute Gasteiger partial charge is 0.185 e. The molecule has 0 amide bonds. The van der Waals surface area contributed by atoms with Gasteiger partial charge in [0.25, 0.3) is 0 Å². The number of sulfone groups is 1. The van der Waals surface area contributed by atoms with Gasteiger partial charge in [0.1, 0.15) is 0 Å². The Hall–Kier alpha value is -1.95. The van der Waals surface area contributed by atoms with Gasteiger partial charge in [-0.1, -0.05) is 12.1 Å². The van der Waals surface area contributed by atoms with Crippen LogP contribution in [0.5, 0.6) is 0 Å². The SMILES string of the molecule is CS(=O)(=O)c1ccc(Cn2[c]cnc2C=O)cc1. The number of aromatic nitrogens is 2. The number of carbonyl (C=O) groups excluding carboxylic acids is 1. The van der Waals surface area contributed by atoms with Crippen LogP contribution in [-0.2, 0) is 16.4 Å². The van der Waals surface area contributed by atoms with Crippen LogP contribution in [0, 0.1) is 6.20 Å². The zero-order valence-corrected chi connectivity index (χ0v) is 10.5. The highest BCUT2D eigenvalue weighted by Gasteiger charge is 2.07. The third-order valence-electron chi connectivity index (χ3n) is 2.48. The van der Waals surface area contributed by atoms with Gasteiger partial charge in [0.15, 0.2) is 21.9 Å². The van der Waals surface area contributed by atoms with Gasteiger partial charge in [-0.2, -0.15) is 0 Å². The molecule has 2 aromatic rings. The third kappa shape index (κ3) is 2.65. The van der Waals surface area contributed by atoms with Crippen molar-refractivity contribution in [3.8, 4) is 0 Å². The van der Waals surface area contributed by atoms with Crippen molar-refractivity contribution in [2.24, 2.45) is 0 Å². The van der Waals surface area contributed by atoms with Gasteiger partial charge in [-0.25, -0.2) is 13.4 Å². The zero-order valence-electron chi connectivity index (χ0n) is 9.70. The summed E-state index contributed by atoms with van der Waals surface area (Å²) in [5.41, 5.74) is 0.875. The second-order valence-corrected chi connectivity index (χ2v) is 5.88. The molecule has 0 spiro atoms. The number of imidazole rings is 1. The predicted molar refractivity (Wildman–Crippen MR) is 65.1 cm³/mol. The lowest BCUT2D eigenvalue weighted by Gasteiger charge is -2.05. The normalized spacial score (nSPS) is 11.4. The van der Waals surface area contributed by atoms with E-state index in [9.17, 15) is 13.2 Å². The Balaban J connectivity index is 2.24. The summed E-state index contributed by atoms with van der Waals surface area (Å²) in [6.45, 7) is 0.429. The summed E-state index contributed by atoms with van der Waals surface area (Å²) in [6.07, 6.45) is 6.05. The van der Waals surface area contributed by atoms with E-state index in [1.807, 2.05) is 0 Å². The van der Waals surface area contributed by atoms with E-state index in [-0.39, 0.29) is 4.90 Å². The number of rotatable bonds is 4. The minimum atomic E-state index is -3.18. The van der Waals surface area contributed by atoms with E-state index in [1.54, 1.807) is 28.8 Å². The number of carbonyl (C=O) groups is 1. The van der Waals surface area contributed by atoms with Crippen LogP contribution in [0.1, 0.15) is 16.2 Å². The van der Waals surface area contributed by atoms with Gasteiger partial charge in [0.05, 0.1) is 17.3 Å². The second kappa shape index (κ2) is 4.73. The fourth-order valence-corrected chi connectivity index (χ4v) is 2.18. The number of benzene rings is 1. The minimum absolute atomic E-state index is 0.275. The van der Waals surface area contributed by atoms with E-state index < -0.39 is 9.84 Å². The molecular formula is C12H11N2O3S. The van der Waals surface area contributed by atoms with Crippen molar-refractivity contribution in [1.29, 1.82) is 0 Å². The maximum absolute atomic E-state index is 11.3. The molecule has 5 nitrogen and oxygen atoms in total. The summed E-state index contributed by atoms with van der Waals surface area (Å²) in [5, 5.41) is 0. The van der Waals surface area contributed by atoms with Crippen LogP contribution >= 0.6 is 0 Å². The lowest BCUT2D eigenvalue weighted by molar-refractivity contribution is 0.111. The highest BCUT2D eigenvalue weighted by Crippen LogP contribution is 2.11. The van der Waals surface area contributed by atoms with Gasteiger partial charge in [-0.05, 0) is 17.7 Å². The molecule has 1 heterocycles. The fourth-order valence-electron chi connectivity index (χ4n) is 1.55. The summed E-state index contributed by atoms with van der Waals surface area (Å²) in [6, 6.07) is 6.50. The van der Waals surface area contributed by atoms with Gasteiger partial charge >= 0.3 is 0 Å². The van der Waals surface area contributed by atoms with Crippen LogP contribution in [0.15, 0.2) is 35.4 Å². The van der Waals surface area contributed by atoms with E-state index in [4.69, 9.17) is 0 Å². The molecule has 0 atom stereocenters. The maximum Gasteiger partial charge on any atom is 0.185 e. The van der Waals surface area contributed by atoms with E-state index in [2.05, 4.69) is 11.2 Å². The molecule has 0 N–H and O–H groups in total. The predicted octanol–water partition coefficient (Wildman–Crippen LogP) is 0.948. The number of aldehydes is 1. The van der Waals surface area contributed by atoms with Crippen LogP contribution < -0.4 is 0 Å². The van der Waals surface area contributed by atoms with Crippen molar-refractivity contribution in [3.63, 3.8) is 0 Å². The molecular weight excluding hydrogens is 252 g/mol. The first-order valence-electron chi connectivity index (χ1n) is 5.18. The molecule has 0 saturated carbocycles. The highest BCUT2D eigenvalue weighted by molar-refractivity contribution is 7.90. The summed E-state index contributed by atoms with van der Waals surface area (Å²) >= 11 is 0. The van der Waals surface area contributed by atoms with Crippen molar-refractivity contribution in [3.05, 3.63) is 48.0 Å². The van der Waals surface area contributed by atoms with Crippen LogP contribution in [0.3, 0.4) is 0 Å². The summed E-state index contributed by atoms with van der Waals surface area (Å²) < 4.78 is 24.2. The lowest BCUT2D eigenvalue weighted by Crippen LogP contribution is -2.04. The Kier molecular flexibility index (Phi) is 3.29. The van der Waals surface area contributed by atoms with Crippen molar-refractivity contribution in [2.75, 3.05) is 6.26 Å². The molecule has 0 aliphatic carbocycles. The Bertz CT molecular complexity index is 657. The molecule has 0 aliphatic rings. The van der Waals surface area contributed by atoms with Crippen LogP contribution in [0.2, 0.25) is 0 Å². The van der Waals surface area contributed by atoms with E-state index in [1.165, 1.54) is 6.20 Å². The summed E-state index contributed by atoms with van der Waals surface area (Å²) in [7, 11) is -3.18. The van der Waals surface area contributed by atoms with Gasteiger partial charge in [0, 0.05) is 12.8 Å². The monoisotopic (exact) mass is 263 g/mol. The fraction of sp³-hybridized carbons (Fsp3) is 0.167. The Morgan fingerprint density at radius 2 is 2.00 bits per heavy atom. The van der Waals surface area contributed by atoms with Gasteiger partial charge in [-0.15, -0.1) is 0 Å². The Morgan fingerprint density at radius 1 is 1.33 bits per heavy atom. The summed E-state index contributed by atoms with van der Waals surface area (Å²) in [5.74, 6) is 0.294. The molecule has 2 rings (SSSR count). The molecule has 0 unspecified atom stereocenters. The van der Waals surface area contributed by atoms with Crippen LogP contribution in [0.25, 0.3) is 0 Å². The van der Waals surface area contributed by atoms with Gasteiger partial charge < -0.3 is 4.57 Å². The van der Waals surface area contributed by atoms with E-state index >= 15 is 0 Å². The molecule has 1 aromatic carbocycles. The lowest BCUT2D eigenvalue weighted by atomic mass is 10.2. The second-order valence-electron chi connectivity index (χ2n) is 3.87. The van der Waals surface area contributed by atoms with Gasteiger partial charge in [0.2, 0.25) is 0 Å². The Labute approximate surface area is 105 Å². The first kappa shape index (κ1) is 12.5. The molecule has 0 bridgehead atoms. The molecule has 6 heteroatoms. The summed E-state index contributed by atoms with van der Waals surface area (Å²) in [4.78, 5) is 14.8. The zero-order chi connectivity index (χ0) is 13.2. The first-order valence-corrected chi connectivity index (χ1v) is 7.07. The van der Waals surface area contributed by atoms with Crippen LogP contribution in [0.4, 0.5) is 0 Å². The third-order valence-corrected chi connectivity index (χ3v) is 3.61. The molecule has 0 fully saturated rings. The van der Waals surface area contributed by atoms with Crippen molar-refractivity contribution in [1.82, 2.24) is 9.55 Å². The topological polar surface area (TPSA) is 69.0 Å². The molecule has 93 valence electrons. The van der Waals surface area contributed by atoms with Gasteiger partial charge in [-0.3, -0.25) is 4.79 Å². The maximum atomic E-state index is 11.3. The van der Waals surface area contributed by atoms with Crippen molar-refractivity contribution >= 4 is 16.1 Å². The minimum Gasteiger partial charge on any atom is -0.316 e. The number of hydrogen-bond donors (Lipinski definition) is 0. The standard InChI is InChI=1S/C12H11N2O3S/c1-18(16,17)11-4-2-10(3-5-11)8-14-7-6-13-12(14)9-15/h2-6,9H,8H2,1H3. The van der Waals surface area contributed by atoms with E-state index in [0.29, 0.717) is 18.7 Å². The highest BCUT2D eigenvalue weighted by atomic mass is 32.2. The molecule has 18 heavy (non-hydrogen) atoms. The van der Waals surface area contributed by atoms with Crippen molar-refractivity contribution in [2.45, 2.75) is 11.4 Å². The largest absolute Gasteiger partial charge is 0.316 e. The molecule has 0 aliphatic heterocycles. The Morgan fingerprint density at radius 3 is 2.56 bits per heavy atom. The average molecular weight is 263 g/mol. The number of nitrogens with zero attached hydrogens (tertiary/aromatic N) is 2. The number of hydrogen-bond acceptors (Lipinski definition) is 4. The average Bonchev–Trinajstić information content (AvgIpc) is 2.76. The molecule has 1 radical (unpaired) electrons. The first-order chi connectivity index (χ1) is 8.50. The van der Waals surface area contributed by atoms with Crippen molar-refractivity contribution < 1.29 is 13.2 Å².